The Bertz CT molecular complexity index is 583. The molecule has 21 heavy (non-hydrogen) atoms. The van der Waals surface area contributed by atoms with Gasteiger partial charge in [0.15, 0.2) is 0 Å². The third-order valence-electron chi connectivity index (χ3n) is 3.95. The van der Waals surface area contributed by atoms with E-state index >= 15 is 0 Å². The zero-order chi connectivity index (χ0) is 14.5. The maximum atomic E-state index is 12.4. The van der Waals surface area contributed by atoms with Gasteiger partial charge in [0.2, 0.25) is 5.91 Å². The van der Waals surface area contributed by atoms with E-state index in [2.05, 4.69) is 22.3 Å². The van der Waals surface area contributed by atoms with Crippen molar-refractivity contribution in [1.29, 1.82) is 0 Å². The summed E-state index contributed by atoms with van der Waals surface area (Å²) < 4.78 is 0. The molecular weight excluding hydrogens is 260 g/mol. The third kappa shape index (κ3) is 3.24. The minimum Gasteiger partial charge on any atom is -0.360 e. The van der Waals surface area contributed by atoms with Crippen molar-refractivity contribution in [1.82, 2.24) is 5.32 Å². The Hall–Kier alpha value is -2.29. The number of benzene rings is 2. The monoisotopic (exact) mass is 280 g/mol. The molecule has 108 valence electrons. The predicted octanol–water partition coefficient (Wildman–Crippen LogP) is 2.97. The van der Waals surface area contributed by atoms with Gasteiger partial charge >= 0.3 is 0 Å². The first-order valence-corrected chi connectivity index (χ1v) is 7.48. The Morgan fingerprint density at radius 2 is 1.71 bits per heavy atom. The van der Waals surface area contributed by atoms with Gasteiger partial charge in [0, 0.05) is 18.8 Å². The molecule has 0 spiro atoms. The Morgan fingerprint density at radius 3 is 2.43 bits per heavy atom. The minimum absolute atomic E-state index is 0.0453. The fourth-order valence-electron chi connectivity index (χ4n) is 2.87. The van der Waals surface area contributed by atoms with E-state index < -0.39 is 0 Å². The summed E-state index contributed by atoms with van der Waals surface area (Å²) in [5.74, 6) is 0.125. The third-order valence-corrected chi connectivity index (χ3v) is 3.95. The number of carbonyl (C=O) groups excluding carboxylic acids is 1. The second-order valence-electron chi connectivity index (χ2n) is 5.39. The lowest BCUT2D eigenvalue weighted by Gasteiger charge is -2.26. The summed E-state index contributed by atoms with van der Waals surface area (Å²) in [7, 11) is 0. The van der Waals surface area contributed by atoms with Crippen LogP contribution in [0.5, 0.6) is 0 Å². The molecule has 1 amide bonds. The second-order valence-corrected chi connectivity index (χ2v) is 5.39. The van der Waals surface area contributed by atoms with Gasteiger partial charge in [-0.05, 0) is 30.5 Å². The van der Waals surface area contributed by atoms with Gasteiger partial charge in [0.1, 0.15) is 6.04 Å². The maximum Gasteiger partial charge on any atom is 0.242 e. The van der Waals surface area contributed by atoms with Crippen LogP contribution < -0.4 is 10.2 Å². The van der Waals surface area contributed by atoms with Crippen LogP contribution >= 0.6 is 0 Å². The Kier molecular flexibility index (Phi) is 4.20. The Balaban J connectivity index is 1.64. The first-order valence-electron chi connectivity index (χ1n) is 7.48. The van der Waals surface area contributed by atoms with Crippen LogP contribution in [0.1, 0.15) is 18.4 Å². The predicted molar refractivity (Wildman–Crippen MR) is 85.1 cm³/mol. The molecule has 3 rings (SSSR count). The van der Waals surface area contributed by atoms with E-state index in [1.165, 1.54) is 0 Å². The minimum atomic E-state index is -0.0453. The molecule has 0 saturated carbocycles. The lowest BCUT2D eigenvalue weighted by molar-refractivity contribution is -0.122. The second kappa shape index (κ2) is 6.44. The average molecular weight is 280 g/mol. The molecule has 0 aliphatic carbocycles. The molecule has 1 atom stereocenters. The van der Waals surface area contributed by atoms with E-state index in [-0.39, 0.29) is 11.9 Å². The Labute approximate surface area is 125 Å². The van der Waals surface area contributed by atoms with Gasteiger partial charge in [0.05, 0.1) is 0 Å². The highest BCUT2D eigenvalue weighted by molar-refractivity contribution is 5.85. The molecule has 0 bridgehead atoms. The maximum absolute atomic E-state index is 12.4. The van der Waals surface area contributed by atoms with Crippen LogP contribution in [0, 0.1) is 0 Å². The van der Waals surface area contributed by atoms with Crippen LogP contribution in [0.2, 0.25) is 0 Å². The lowest BCUT2D eigenvalue weighted by Crippen LogP contribution is -2.43. The molecule has 0 unspecified atom stereocenters. The molecular formula is C18H20N2O. The highest BCUT2D eigenvalue weighted by Gasteiger charge is 2.30. The van der Waals surface area contributed by atoms with E-state index in [1.54, 1.807) is 0 Å². The van der Waals surface area contributed by atoms with Crippen molar-refractivity contribution in [2.75, 3.05) is 11.4 Å². The first kappa shape index (κ1) is 13.7. The summed E-state index contributed by atoms with van der Waals surface area (Å²) in [5.41, 5.74) is 2.27. The van der Waals surface area contributed by atoms with Gasteiger partial charge < -0.3 is 10.2 Å². The van der Waals surface area contributed by atoms with Gasteiger partial charge in [-0.1, -0.05) is 48.5 Å². The van der Waals surface area contributed by atoms with Gasteiger partial charge in [-0.3, -0.25) is 4.79 Å². The summed E-state index contributed by atoms with van der Waals surface area (Å²) in [5, 5.41) is 3.06. The molecule has 1 saturated heterocycles. The zero-order valence-corrected chi connectivity index (χ0v) is 12.0. The summed E-state index contributed by atoms with van der Waals surface area (Å²) >= 11 is 0. The van der Waals surface area contributed by atoms with Crippen molar-refractivity contribution in [2.24, 2.45) is 0 Å². The Morgan fingerprint density at radius 1 is 1.05 bits per heavy atom. The van der Waals surface area contributed by atoms with Gasteiger partial charge in [-0.15, -0.1) is 0 Å². The number of para-hydroxylation sites is 1. The topological polar surface area (TPSA) is 32.3 Å². The normalized spacial score (nSPS) is 17.7. The molecule has 3 heteroatoms. The van der Waals surface area contributed by atoms with Gasteiger partial charge in [0.25, 0.3) is 0 Å². The van der Waals surface area contributed by atoms with E-state index in [9.17, 15) is 4.79 Å². The SMILES string of the molecule is O=C(NCc1ccccc1)[C@@H]1CCCN1c1ccccc1. The van der Waals surface area contributed by atoms with Crippen LogP contribution in [0.4, 0.5) is 5.69 Å². The van der Waals surface area contributed by atoms with Crippen LogP contribution in [-0.4, -0.2) is 18.5 Å². The van der Waals surface area contributed by atoms with Crippen molar-refractivity contribution in [3.05, 3.63) is 66.2 Å². The van der Waals surface area contributed by atoms with E-state index in [4.69, 9.17) is 0 Å². The fraction of sp³-hybridized carbons (Fsp3) is 0.278. The first-order chi connectivity index (χ1) is 10.3. The largest absolute Gasteiger partial charge is 0.360 e. The number of amides is 1. The fourth-order valence-corrected chi connectivity index (χ4v) is 2.87. The van der Waals surface area contributed by atoms with Crippen LogP contribution in [0.3, 0.4) is 0 Å². The van der Waals surface area contributed by atoms with Crippen molar-refractivity contribution in [2.45, 2.75) is 25.4 Å². The number of nitrogens with one attached hydrogen (secondary N) is 1. The number of nitrogens with zero attached hydrogens (tertiary/aromatic N) is 1. The summed E-state index contributed by atoms with van der Waals surface area (Å²) in [4.78, 5) is 14.7. The number of hydrogen-bond donors (Lipinski definition) is 1. The molecule has 2 aromatic carbocycles. The molecule has 1 aliphatic rings. The highest BCUT2D eigenvalue weighted by atomic mass is 16.2. The zero-order valence-electron chi connectivity index (χ0n) is 12.0. The van der Waals surface area contributed by atoms with Crippen molar-refractivity contribution < 1.29 is 4.79 Å². The number of rotatable bonds is 4. The number of carbonyl (C=O) groups is 1. The molecule has 1 N–H and O–H groups in total. The lowest BCUT2D eigenvalue weighted by atomic mass is 10.1. The summed E-state index contributed by atoms with van der Waals surface area (Å²) in [6.45, 7) is 1.55. The summed E-state index contributed by atoms with van der Waals surface area (Å²) in [6, 6.07) is 20.2. The highest BCUT2D eigenvalue weighted by Crippen LogP contribution is 2.25. The van der Waals surface area contributed by atoms with Crippen molar-refractivity contribution in [3.63, 3.8) is 0 Å². The summed E-state index contributed by atoms with van der Waals surface area (Å²) in [6.07, 6.45) is 1.99. The van der Waals surface area contributed by atoms with Gasteiger partial charge in [-0.2, -0.15) is 0 Å². The average Bonchev–Trinajstić information content (AvgIpc) is 3.04. The molecule has 1 aliphatic heterocycles. The molecule has 3 nitrogen and oxygen atoms in total. The number of hydrogen-bond acceptors (Lipinski definition) is 2. The van der Waals surface area contributed by atoms with E-state index in [0.29, 0.717) is 6.54 Å². The van der Waals surface area contributed by atoms with Gasteiger partial charge in [-0.25, -0.2) is 0 Å². The van der Waals surface area contributed by atoms with Crippen molar-refractivity contribution in [3.8, 4) is 0 Å². The van der Waals surface area contributed by atoms with Crippen molar-refractivity contribution >= 4 is 11.6 Å². The van der Waals surface area contributed by atoms with E-state index in [0.717, 1.165) is 30.6 Å². The molecule has 2 aromatic rings. The standard InChI is InChI=1S/C18H20N2O/c21-18(19-14-15-8-3-1-4-9-15)17-12-7-13-20(17)16-10-5-2-6-11-16/h1-6,8-11,17H,7,12-14H2,(H,19,21)/t17-/m0/s1. The van der Waals surface area contributed by atoms with Crippen LogP contribution in [0.25, 0.3) is 0 Å². The smallest absolute Gasteiger partial charge is 0.242 e. The van der Waals surface area contributed by atoms with Crippen LogP contribution in [0.15, 0.2) is 60.7 Å². The quantitative estimate of drug-likeness (QED) is 0.934. The molecule has 1 fully saturated rings. The molecule has 0 aromatic heterocycles. The van der Waals surface area contributed by atoms with E-state index in [1.807, 2.05) is 48.5 Å². The number of anilines is 1. The van der Waals surface area contributed by atoms with Crippen LogP contribution in [-0.2, 0) is 11.3 Å². The molecule has 1 heterocycles. The molecule has 0 radical (unpaired) electrons.